The summed E-state index contributed by atoms with van der Waals surface area (Å²) in [6.45, 7) is 13.3. The van der Waals surface area contributed by atoms with Gasteiger partial charge in [0.15, 0.2) is 0 Å². The Balaban J connectivity index is 1.79. The monoisotopic (exact) mass is 499 g/mol. The van der Waals surface area contributed by atoms with Crippen molar-refractivity contribution in [2.45, 2.75) is 39.3 Å². The Morgan fingerprint density at radius 3 is 1.83 bits per heavy atom. The van der Waals surface area contributed by atoms with Gasteiger partial charge >= 0.3 is 0 Å². The zero-order valence-corrected chi connectivity index (χ0v) is 23.2. The maximum atomic E-state index is 13.0. The van der Waals surface area contributed by atoms with E-state index in [9.17, 15) is 9.59 Å². The molecule has 0 spiro atoms. The molecule has 0 saturated carbocycles. The highest BCUT2D eigenvalue weighted by atomic mass is 28.3. The van der Waals surface area contributed by atoms with E-state index in [1.54, 1.807) is 18.2 Å². The topological polar surface area (TPSA) is 84.2 Å². The second-order valence-corrected chi connectivity index (χ2v) is 20.5. The molecule has 35 heavy (non-hydrogen) atoms. The summed E-state index contributed by atoms with van der Waals surface area (Å²) in [7, 11) is -3.02. The highest BCUT2D eigenvalue weighted by Crippen LogP contribution is 2.18. The molecule has 0 aliphatic carbocycles. The third-order valence-corrected chi connectivity index (χ3v) is 8.09. The van der Waals surface area contributed by atoms with Gasteiger partial charge in [-0.15, -0.1) is 5.54 Å². The van der Waals surface area contributed by atoms with Crippen LogP contribution in [-0.2, 0) is 0 Å². The van der Waals surface area contributed by atoms with E-state index in [1.807, 2.05) is 42.5 Å². The average molecular weight is 500 g/mol. The second kappa shape index (κ2) is 10.3. The van der Waals surface area contributed by atoms with Gasteiger partial charge in [0.1, 0.15) is 8.07 Å². The van der Waals surface area contributed by atoms with Crippen molar-refractivity contribution < 1.29 is 9.59 Å². The number of anilines is 3. The van der Waals surface area contributed by atoms with Crippen molar-refractivity contribution in [2.75, 3.05) is 16.4 Å². The van der Waals surface area contributed by atoms with Gasteiger partial charge in [0.05, 0.1) is 8.07 Å². The van der Waals surface area contributed by atoms with Crippen LogP contribution in [0.1, 0.15) is 26.3 Å². The number of rotatable bonds is 5. The number of nitrogen functional groups attached to an aromatic ring is 1. The van der Waals surface area contributed by atoms with Crippen LogP contribution in [0, 0.1) is 11.5 Å². The van der Waals surface area contributed by atoms with Crippen molar-refractivity contribution in [3.63, 3.8) is 0 Å². The SMILES string of the molecule is C[Si](C)(C)C#Cc1cccc(NC(=O)c2cc(N)cc(C(=O)Nc3cccc([Si](C)(C)C)c3)c2)c1. The van der Waals surface area contributed by atoms with Gasteiger partial charge in [-0.2, -0.15) is 0 Å². The smallest absolute Gasteiger partial charge is 0.255 e. The molecule has 0 fully saturated rings. The molecule has 0 aliphatic heterocycles. The summed E-state index contributed by atoms with van der Waals surface area (Å²) in [5, 5.41) is 7.07. The fourth-order valence-corrected chi connectivity index (χ4v) is 5.02. The Kier molecular flexibility index (Phi) is 7.68. The number of amides is 2. The lowest BCUT2D eigenvalue weighted by molar-refractivity contribution is 0.102. The van der Waals surface area contributed by atoms with Crippen LogP contribution in [0.15, 0.2) is 66.7 Å². The minimum atomic E-state index is -1.51. The molecule has 0 bridgehead atoms. The van der Waals surface area contributed by atoms with E-state index in [-0.39, 0.29) is 11.8 Å². The molecule has 3 rings (SSSR count). The van der Waals surface area contributed by atoms with E-state index in [0.717, 1.165) is 11.3 Å². The number of nitrogens with one attached hydrogen (secondary N) is 2. The standard InChI is InChI=1S/C28H33N3O2Si2/c1-34(2,3)14-13-20-9-7-10-24(15-20)30-27(32)21-16-22(18-23(29)17-21)28(33)31-25-11-8-12-26(19-25)35(4,5)6/h7-12,15-19H,29H2,1-6H3,(H,30,32)(H,31,33). The lowest BCUT2D eigenvalue weighted by atomic mass is 10.1. The van der Waals surface area contributed by atoms with Gasteiger partial charge in [-0.25, -0.2) is 0 Å². The molecule has 5 nitrogen and oxygen atoms in total. The fraction of sp³-hybridized carbons (Fsp3) is 0.214. The second-order valence-electron chi connectivity index (χ2n) is 10.7. The third kappa shape index (κ3) is 7.70. The van der Waals surface area contributed by atoms with Crippen LogP contribution in [0.4, 0.5) is 17.1 Å². The summed E-state index contributed by atoms with van der Waals surface area (Å²) >= 11 is 0. The fourth-order valence-electron chi connectivity index (χ4n) is 3.32. The molecule has 7 heteroatoms. The van der Waals surface area contributed by atoms with Crippen LogP contribution < -0.4 is 21.6 Å². The number of hydrogen-bond donors (Lipinski definition) is 3. The molecule has 0 saturated heterocycles. The molecule has 0 aliphatic rings. The van der Waals surface area contributed by atoms with E-state index in [1.165, 1.54) is 5.19 Å². The minimum absolute atomic E-state index is 0.310. The lowest BCUT2D eigenvalue weighted by Gasteiger charge is -2.17. The summed E-state index contributed by atoms with van der Waals surface area (Å²) in [4.78, 5) is 25.9. The molecule has 180 valence electrons. The molecule has 3 aromatic rings. The van der Waals surface area contributed by atoms with Crippen molar-refractivity contribution >= 4 is 50.2 Å². The third-order valence-electron chi connectivity index (χ3n) is 5.17. The average Bonchev–Trinajstić information content (AvgIpc) is 2.76. The minimum Gasteiger partial charge on any atom is -0.399 e. The number of nitrogens with two attached hydrogens (primary N) is 1. The molecule has 0 radical (unpaired) electrons. The van der Waals surface area contributed by atoms with E-state index in [0.29, 0.717) is 22.5 Å². The Hall–Kier alpha value is -3.61. The molecular formula is C28H33N3O2Si2. The summed E-state index contributed by atoms with van der Waals surface area (Å²) in [6, 6.07) is 20.0. The molecular weight excluding hydrogens is 466 g/mol. The highest BCUT2D eigenvalue weighted by molar-refractivity contribution is 6.88. The van der Waals surface area contributed by atoms with Crippen molar-refractivity contribution in [1.82, 2.24) is 0 Å². The number of benzene rings is 3. The molecule has 2 amide bonds. The van der Waals surface area contributed by atoms with Gasteiger partial charge in [0.2, 0.25) is 0 Å². The van der Waals surface area contributed by atoms with Crippen molar-refractivity contribution in [3.05, 3.63) is 83.4 Å². The Morgan fingerprint density at radius 2 is 1.29 bits per heavy atom. The summed E-state index contributed by atoms with van der Waals surface area (Å²) in [5.74, 6) is 2.54. The van der Waals surface area contributed by atoms with E-state index < -0.39 is 16.1 Å². The quantitative estimate of drug-likeness (QED) is 0.245. The highest BCUT2D eigenvalue weighted by Gasteiger charge is 2.18. The molecule has 3 aromatic carbocycles. The van der Waals surface area contributed by atoms with E-state index >= 15 is 0 Å². The predicted octanol–water partition coefficient (Wildman–Crippen LogP) is 5.55. The van der Waals surface area contributed by atoms with Crippen molar-refractivity contribution in [2.24, 2.45) is 0 Å². The maximum absolute atomic E-state index is 13.0. The van der Waals surface area contributed by atoms with Gasteiger partial charge in [0.25, 0.3) is 11.8 Å². The Bertz CT molecular complexity index is 1330. The van der Waals surface area contributed by atoms with E-state index in [2.05, 4.69) is 67.4 Å². The molecule has 0 heterocycles. The first-order chi connectivity index (χ1) is 16.3. The van der Waals surface area contributed by atoms with Gasteiger partial charge in [-0.05, 0) is 48.5 Å². The van der Waals surface area contributed by atoms with Gasteiger partial charge in [-0.1, -0.05) is 68.6 Å². The maximum Gasteiger partial charge on any atom is 0.255 e. The van der Waals surface area contributed by atoms with Crippen molar-refractivity contribution in [3.8, 4) is 11.5 Å². The van der Waals surface area contributed by atoms with Gasteiger partial charge in [-0.3, -0.25) is 9.59 Å². The van der Waals surface area contributed by atoms with Crippen LogP contribution in [0.25, 0.3) is 0 Å². The first kappa shape index (κ1) is 26.0. The first-order valence-corrected chi connectivity index (χ1v) is 18.6. The number of hydrogen-bond acceptors (Lipinski definition) is 3. The molecule has 0 aromatic heterocycles. The Morgan fingerprint density at radius 1 is 0.743 bits per heavy atom. The van der Waals surface area contributed by atoms with Crippen LogP contribution in [0.3, 0.4) is 0 Å². The normalized spacial score (nSPS) is 11.3. The van der Waals surface area contributed by atoms with Crippen LogP contribution >= 0.6 is 0 Å². The van der Waals surface area contributed by atoms with E-state index in [4.69, 9.17) is 5.73 Å². The van der Waals surface area contributed by atoms with Crippen LogP contribution in [0.5, 0.6) is 0 Å². The van der Waals surface area contributed by atoms with Crippen LogP contribution in [0.2, 0.25) is 39.3 Å². The number of carbonyl (C=O) groups excluding carboxylic acids is 2. The molecule has 0 atom stereocenters. The van der Waals surface area contributed by atoms with Crippen molar-refractivity contribution in [1.29, 1.82) is 0 Å². The van der Waals surface area contributed by atoms with Crippen LogP contribution in [-0.4, -0.2) is 28.0 Å². The zero-order chi connectivity index (χ0) is 25.8. The number of carbonyl (C=O) groups is 2. The zero-order valence-electron chi connectivity index (χ0n) is 21.2. The molecule has 4 N–H and O–H groups in total. The Labute approximate surface area is 210 Å². The summed E-state index contributed by atoms with van der Waals surface area (Å²) in [5.41, 5.74) is 12.5. The summed E-state index contributed by atoms with van der Waals surface area (Å²) in [6.07, 6.45) is 0. The summed E-state index contributed by atoms with van der Waals surface area (Å²) < 4.78 is 0. The molecule has 0 unspecified atom stereocenters. The first-order valence-electron chi connectivity index (χ1n) is 11.6. The lowest BCUT2D eigenvalue weighted by Crippen LogP contribution is -2.37. The largest absolute Gasteiger partial charge is 0.399 e. The van der Waals surface area contributed by atoms with Gasteiger partial charge < -0.3 is 16.4 Å². The van der Waals surface area contributed by atoms with Gasteiger partial charge in [0, 0.05) is 33.8 Å². The predicted molar refractivity (Wildman–Crippen MR) is 153 cm³/mol.